The molecule has 0 radical (unpaired) electrons. The minimum atomic E-state index is -4.59. The number of halogens is 3. The number of aromatic nitrogens is 3. The van der Waals surface area contributed by atoms with E-state index in [0.29, 0.717) is 64.4 Å². The smallest absolute Gasteiger partial charge is 0.412 e. The summed E-state index contributed by atoms with van der Waals surface area (Å²) in [6, 6.07) is 2.40. The largest absolute Gasteiger partial charge is 0.417 e. The second kappa shape index (κ2) is 8.98. The van der Waals surface area contributed by atoms with Crippen molar-refractivity contribution in [3.05, 3.63) is 23.9 Å². The molecule has 2 aliphatic heterocycles. The molecule has 2 aromatic rings. The highest BCUT2D eigenvalue weighted by Gasteiger charge is 2.35. The molecule has 4 rings (SSSR count). The molecule has 164 valence electrons. The lowest BCUT2D eigenvalue weighted by Gasteiger charge is -2.31. The van der Waals surface area contributed by atoms with E-state index < -0.39 is 11.7 Å². The summed E-state index contributed by atoms with van der Waals surface area (Å²) in [6.07, 6.45) is -3.47. The van der Waals surface area contributed by atoms with Crippen LogP contribution in [-0.4, -0.2) is 73.0 Å². The Kier molecular flexibility index (Phi) is 6.58. The Bertz CT molecular complexity index is 834. The van der Waals surface area contributed by atoms with Gasteiger partial charge in [0.25, 0.3) is 0 Å². The number of morpholine rings is 2. The first kappa shape index (κ1) is 22.0. The molecule has 4 heterocycles. The van der Waals surface area contributed by atoms with Gasteiger partial charge in [-0.25, -0.2) is 9.97 Å². The third-order valence-electron chi connectivity index (χ3n) is 4.84. The van der Waals surface area contributed by atoms with E-state index in [1.54, 1.807) is 6.07 Å². The first-order valence-electron chi connectivity index (χ1n) is 9.29. The van der Waals surface area contributed by atoms with E-state index >= 15 is 0 Å². The first-order chi connectivity index (χ1) is 13.9. The zero-order valence-electron chi connectivity index (χ0n) is 16.2. The van der Waals surface area contributed by atoms with Gasteiger partial charge in [-0.3, -0.25) is 0 Å². The fourth-order valence-electron chi connectivity index (χ4n) is 3.33. The van der Waals surface area contributed by atoms with E-state index in [0.717, 1.165) is 12.3 Å². The standard InChI is InChI=1S/C18H21F3N6O2.H2O/c19-18(20,21)13-9-15(22)23-11-12(13)14-10-16(26-1-5-28-6-2-26)25-17(24-14)27-3-7-29-8-4-27;/h9-11H,1-8H2,(H2,22,23);1H2. The van der Waals surface area contributed by atoms with Gasteiger partial charge in [-0.2, -0.15) is 18.2 Å². The number of nitrogens with zero attached hydrogens (tertiary/aromatic N) is 5. The molecule has 9 nitrogen and oxygen atoms in total. The second-order valence-electron chi connectivity index (χ2n) is 6.76. The Morgan fingerprint density at radius 2 is 1.50 bits per heavy atom. The number of alkyl halides is 3. The number of rotatable bonds is 3. The lowest BCUT2D eigenvalue weighted by Crippen LogP contribution is -2.39. The van der Waals surface area contributed by atoms with Crippen LogP contribution in [0.25, 0.3) is 11.3 Å². The van der Waals surface area contributed by atoms with Crippen LogP contribution in [0.4, 0.5) is 30.8 Å². The molecule has 0 aliphatic carbocycles. The number of ether oxygens (including phenoxy) is 2. The lowest BCUT2D eigenvalue weighted by atomic mass is 10.1. The number of hydrogen-bond donors (Lipinski definition) is 1. The maximum atomic E-state index is 13.6. The van der Waals surface area contributed by atoms with Crippen molar-refractivity contribution in [2.24, 2.45) is 0 Å². The fraction of sp³-hybridized carbons (Fsp3) is 0.500. The summed E-state index contributed by atoms with van der Waals surface area (Å²) in [5.41, 5.74) is 4.67. The minimum absolute atomic E-state index is 0. The predicted octanol–water partition coefficient (Wildman–Crippen LogP) is 0.988. The van der Waals surface area contributed by atoms with Crippen LogP contribution in [0.5, 0.6) is 0 Å². The van der Waals surface area contributed by atoms with Crippen molar-refractivity contribution in [2.45, 2.75) is 6.18 Å². The van der Waals surface area contributed by atoms with Crippen LogP contribution in [0, 0.1) is 0 Å². The fourth-order valence-corrected chi connectivity index (χ4v) is 3.33. The van der Waals surface area contributed by atoms with Crippen LogP contribution in [0.1, 0.15) is 5.56 Å². The number of nitrogens with two attached hydrogens (primary N) is 1. The number of pyridine rings is 1. The molecule has 0 spiro atoms. The average Bonchev–Trinajstić information content (AvgIpc) is 2.74. The quantitative estimate of drug-likeness (QED) is 0.768. The summed E-state index contributed by atoms with van der Waals surface area (Å²) in [5, 5.41) is 0. The Morgan fingerprint density at radius 1 is 0.900 bits per heavy atom. The van der Waals surface area contributed by atoms with Gasteiger partial charge >= 0.3 is 6.18 Å². The Morgan fingerprint density at radius 3 is 2.10 bits per heavy atom. The summed E-state index contributed by atoms with van der Waals surface area (Å²) in [4.78, 5) is 16.8. The van der Waals surface area contributed by atoms with Gasteiger partial charge in [0.15, 0.2) is 0 Å². The van der Waals surface area contributed by atoms with Crippen molar-refractivity contribution in [3.63, 3.8) is 0 Å². The van der Waals surface area contributed by atoms with E-state index in [-0.39, 0.29) is 22.6 Å². The predicted molar refractivity (Wildman–Crippen MR) is 104 cm³/mol. The van der Waals surface area contributed by atoms with Crippen LogP contribution in [0.3, 0.4) is 0 Å². The number of hydrogen-bond acceptors (Lipinski definition) is 8. The summed E-state index contributed by atoms with van der Waals surface area (Å²) in [5.74, 6) is 0.735. The lowest BCUT2D eigenvalue weighted by molar-refractivity contribution is -0.137. The first-order valence-corrected chi connectivity index (χ1v) is 9.29. The molecule has 0 amide bonds. The summed E-state index contributed by atoms with van der Waals surface area (Å²) in [7, 11) is 0. The third kappa shape index (κ3) is 4.71. The third-order valence-corrected chi connectivity index (χ3v) is 4.84. The molecule has 0 atom stereocenters. The molecular formula is C18H23F3N6O3. The maximum Gasteiger partial charge on any atom is 0.417 e. The molecule has 0 saturated carbocycles. The van der Waals surface area contributed by atoms with Crippen LogP contribution in [-0.2, 0) is 15.7 Å². The van der Waals surface area contributed by atoms with E-state index in [9.17, 15) is 13.2 Å². The molecule has 0 unspecified atom stereocenters. The van der Waals surface area contributed by atoms with Crippen molar-refractivity contribution < 1.29 is 28.1 Å². The van der Waals surface area contributed by atoms with E-state index in [1.165, 1.54) is 0 Å². The molecule has 4 N–H and O–H groups in total. The Balaban J connectivity index is 0.00000256. The van der Waals surface area contributed by atoms with Gasteiger partial charge in [-0.15, -0.1) is 0 Å². The van der Waals surface area contributed by atoms with Gasteiger partial charge in [0.2, 0.25) is 5.95 Å². The molecular weight excluding hydrogens is 405 g/mol. The van der Waals surface area contributed by atoms with Gasteiger partial charge in [0.05, 0.1) is 37.7 Å². The van der Waals surface area contributed by atoms with E-state index in [2.05, 4.69) is 15.0 Å². The van der Waals surface area contributed by atoms with Crippen molar-refractivity contribution in [1.29, 1.82) is 0 Å². The van der Waals surface area contributed by atoms with E-state index in [4.69, 9.17) is 15.2 Å². The summed E-state index contributed by atoms with van der Waals surface area (Å²) < 4.78 is 51.7. The molecule has 0 bridgehead atoms. The van der Waals surface area contributed by atoms with Crippen LogP contribution in [0.2, 0.25) is 0 Å². The maximum absolute atomic E-state index is 13.6. The average molecular weight is 428 g/mol. The van der Waals surface area contributed by atoms with Crippen LogP contribution in [0.15, 0.2) is 18.3 Å². The molecule has 2 aromatic heterocycles. The van der Waals surface area contributed by atoms with Gasteiger partial charge in [0.1, 0.15) is 11.6 Å². The van der Waals surface area contributed by atoms with Crippen molar-refractivity contribution in [1.82, 2.24) is 15.0 Å². The molecule has 2 aliphatic rings. The minimum Gasteiger partial charge on any atom is -0.412 e. The Labute approximate surface area is 170 Å². The topological polar surface area (TPSA) is 121 Å². The zero-order chi connectivity index (χ0) is 20.4. The van der Waals surface area contributed by atoms with Crippen LogP contribution < -0.4 is 15.5 Å². The van der Waals surface area contributed by atoms with Crippen molar-refractivity contribution in [3.8, 4) is 11.3 Å². The van der Waals surface area contributed by atoms with Gasteiger partial charge < -0.3 is 30.5 Å². The summed E-state index contributed by atoms with van der Waals surface area (Å²) in [6.45, 7) is 4.43. The molecule has 2 saturated heterocycles. The molecule has 0 aromatic carbocycles. The van der Waals surface area contributed by atoms with Crippen molar-refractivity contribution in [2.75, 3.05) is 68.1 Å². The second-order valence-corrected chi connectivity index (χ2v) is 6.76. The molecule has 2 fully saturated rings. The van der Waals surface area contributed by atoms with Gasteiger partial charge in [-0.1, -0.05) is 0 Å². The van der Waals surface area contributed by atoms with Gasteiger partial charge in [0, 0.05) is 44.0 Å². The molecule has 30 heavy (non-hydrogen) atoms. The van der Waals surface area contributed by atoms with Gasteiger partial charge in [-0.05, 0) is 6.07 Å². The summed E-state index contributed by atoms with van der Waals surface area (Å²) >= 11 is 0. The normalized spacial score (nSPS) is 17.6. The number of anilines is 3. The molecule has 12 heteroatoms. The number of nitrogen functional groups attached to an aromatic ring is 1. The Hall–Kier alpha value is -2.70. The SMILES string of the molecule is Nc1cc(C(F)(F)F)c(-c2cc(N3CCOCC3)nc(N3CCOCC3)n2)cn1.O. The monoisotopic (exact) mass is 428 g/mol. The van der Waals surface area contributed by atoms with Crippen molar-refractivity contribution >= 4 is 17.6 Å². The highest BCUT2D eigenvalue weighted by Crippen LogP contribution is 2.38. The zero-order valence-corrected chi connectivity index (χ0v) is 16.2. The van der Waals surface area contributed by atoms with E-state index in [1.807, 2.05) is 9.80 Å². The highest BCUT2D eigenvalue weighted by molar-refractivity contribution is 5.69. The highest BCUT2D eigenvalue weighted by atomic mass is 19.4. The van der Waals surface area contributed by atoms with Crippen LogP contribution >= 0.6 is 0 Å².